The number of nitrogens with two attached hydrogens (primary N) is 1. The first-order valence-corrected chi connectivity index (χ1v) is 5.57. The van der Waals surface area contributed by atoms with Gasteiger partial charge in [-0.3, -0.25) is 4.79 Å². The molecule has 0 aliphatic rings. The third-order valence-corrected chi connectivity index (χ3v) is 2.61. The maximum atomic E-state index is 13.7. The zero-order valence-corrected chi connectivity index (χ0v) is 10.4. The van der Waals surface area contributed by atoms with Gasteiger partial charge < -0.3 is 5.73 Å². The van der Waals surface area contributed by atoms with Crippen LogP contribution in [0.4, 0.5) is 4.39 Å². The Bertz CT molecular complexity index is 681. The molecule has 1 aromatic carbocycles. The van der Waals surface area contributed by atoms with Crippen molar-refractivity contribution in [2.75, 3.05) is 0 Å². The van der Waals surface area contributed by atoms with Crippen LogP contribution in [0.5, 0.6) is 0 Å². The van der Waals surface area contributed by atoms with Gasteiger partial charge in [-0.1, -0.05) is 24.4 Å². The summed E-state index contributed by atoms with van der Waals surface area (Å²) in [5.74, 6) is -0.439. The van der Waals surface area contributed by atoms with Crippen LogP contribution in [-0.4, -0.2) is 14.8 Å². The number of hydrogen-bond acceptors (Lipinski definition) is 3. The first-order valence-electron chi connectivity index (χ1n) is 5.16. The molecule has 2 N–H and O–H groups in total. The average molecular weight is 263 g/mol. The molecule has 0 radical (unpaired) electrons. The van der Waals surface area contributed by atoms with Crippen molar-refractivity contribution in [3.8, 4) is 5.69 Å². The second kappa shape index (κ2) is 4.66. The van der Waals surface area contributed by atoms with E-state index in [1.165, 1.54) is 16.8 Å². The third kappa shape index (κ3) is 2.14. The lowest BCUT2D eigenvalue weighted by Crippen LogP contribution is -2.26. The van der Waals surface area contributed by atoms with E-state index in [9.17, 15) is 9.18 Å². The average Bonchev–Trinajstić information content (AvgIpc) is 2.30. The van der Waals surface area contributed by atoms with Crippen LogP contribution in [-0.2, 0) is 0 Å². The van der Waals surface area contributed by atoms with E-state index in [2.05, 4.69) is 5.10 Å². The van der Waals surface area contributed by atoms with Crippen LogP contribution in [0, 0.1) is 12.7 Å². The Morgan fingerprint density at radius 3 is 2.72 bits per heavy atom. The number of hydrogen-bond donors (Lipinski definition) is 1. The van der Waals surface area contributed by atoms with E-state index in [0.29, 0.717) is 5.69 Å². The van der Waals surface area contributed by atoms with Crippen molar-refractivity contribution in [2.24, 2.45) is 5.73 Å². The normalized spacial score (nSPS) is 10.3. The molecule has 4 nitrogen and oxygen atoms in total. The lowest BCUT2D eigenvalue weighted by atomic mass is 10.2. The summed E-state index contributed by atoms with van der Waals surface area (Å²) in [7, 11) is 0. The zero-order valence-electron chi connectivity index (χ0n) is 9.55. The Balaban J connectivity index is 2.73. The lowest BCUT2D eigenvalue weighted by molar-refractivity contribution is 0.605. The van der Waals surface area contributed by atoms with Crippen molar-refractivity contribution in [1.29, 1.82) is 0 Å². The van der Waals surface area contributed by atoms with Gasteiger partial charge >= 0.3 is 0 Å². The number of nitrogens with zero attached hydrogens (tertiary/aromatic N) is 2. The molecule has 0 unspecified atom stereocenters. The number of aromatic nitrogens is 2. The number of halogens is 1. The highest BCUT2D eigenvalue weighted by atomic mass is 32.1. The molecule has 2 aromatic rings. The van der Waals surface area contributed by atoms with Gasteiger partial charge in [-0.15, -0.1) is 0 Å². The lowest BCUT2D eigenvalue weighted by Gasteiger charge is -2.11. The van der Waals surface area contributed by atoms with Gasteiger partial charge in [-0.2, -0.15) is 5.10 Å². The van der Waals surface area contributed by atoms with Crippen LogP contribution >= 0.6 is 12.2 Å². The molecular formula is C12H10FN3OS. The molecule has 0 amide bonds. The molecule has 0 fully saturated rings. The molecule has 0 aliphatic heterocycles. The van der Waals surface area contributed by atoms with E-state index in [4.69, 9.17) is 18.0 Å². The van der Waals surface area contributed by atoms with E-state index < -0.39 is 5.82 Å². The van der Waals surface area contributed by atoms with Gasteiger partial charge in [0.05, 0.1) is 0 Å². The van der Waals surface area contributed by atoms with Crippen LogP contribution in [0.15, 0.2) is 35.1 Å². The molecule has 92 valence electrons. The monoisotopic (exact) mass is 263 g/mol. The zero-order chi connectivity index (χ0) is 13.3. The first kappa shape index (κ1) is 12.4. The van der Waals surface area contributed by atoms with Crippen molar-refractivity contribution < 1.29 is 4.39 Å². The Kier molecular flexibility index (Phi) is 3.20. The standard InChI is InChI=1S/C12H10FN3OS/c1-7-6-10(17)11(12(14)18)15-16(7)9-5-3-2-4-8(9)13/h2-6H,1H3,(H2,14,18). The maximum Gasteiger partial charge on any atom is 0.210 e. The molecule has 0 aliphatic carbocycles. The molecule has 0 atom stereocenters. The summed E-state index contributed by atoms with van der Waals surface area (Å²) in [5.41, 5.74) is 5.75. The highest BCUT2D eigenvalue weighted by molar-refractivity contribution is 7.80. The Hall–Kier alpha value is -2.08. The largest absolute Gasteiger partial charge is 0.388 e. The van der Waals surface area contributed by atoms with Crippen LogP contribution < -0.4 is 11.2 Å². The van der Waals surface area contributed by atoms with Gasteiger partial charge in [0.1, 0.15) is 16.5 Å². The number of thiocarbonyl (C=S) groups is 1. The molecule has 0 saturated heterocycles. The van der Waals surface area contributed by atoms with Crippen molar-refractivity contribution in [3.05, 3.63) is 57.8 Å². The van der Waals surface area contributed by atoms with Crippen LogP contribution in [0.2, 0.25) is 0 Å². The van der Waals surface area contributed by atoms with Crippen LogP contribution in [0.1, 0.15) is 11.4 Å². The van der Waals surface area contributed by atoms with E-state index in [1.54, 1.807) is 25.1 Å². The van der Waals surface area contributed by atoms with Gasteiger partial charge in [0.15, 0.2) is 5.69 Å². The predicted molar refractivity (Wildman–Crippen MR) is 70.4 cm³/mol. The molecular weight excluding hydrogens is 253 g/mol. The smallest absolute Gasteiger partial charge is 0.210 e. The minimum atomic E-state index is -0.439. The molecule has 0 spiro atoms. The highest BCUT2D eigenvalue weighted by Gasteiger charge is 2.11. The first-order chi connectivity index (χ1) is 8.50. The summed E-state index contributed by atoms with van der Waals surface area (Å²) >= 11 is 4.74. The topological polar surface area (TPSA) is 60.9 Å². The summed E-state index contributed by atoms with van der Waals surface area (Å²) < 4.78 is 15.0. The van der Waals surface area contributed by atoms with Gasteiger partial charge in [-0.05, 0) is 19.1 Å². The second-order valence-electron chi connectivity index (χ2n) is 3.73. The Morgan fingerprint density at radius 1 is 1.44 bits per heavy atom. The third-order valence-electron chi connectivity index (χ3n) is 2.42. The second-order valence-corrected chi connectivity index (χ2v) is 4.17. The minimum Gasteiger partial charge on any atom is -0.388 e. The predicted octanol–water partition coefficient (Wildman–Crippen LogP) is 1.31. The van der Waals surface area contributed by atoms with Crippen molar-refractivity contribution in [3.63, 3.8) is 0 Å². The fourth-order valence-electron chi connectivity index (χ4n) is 1.59. The molecule has 6 heteroatoms. The van der Waals surface area contributed by atoms with Crippen molar-refractivity contribution in [1.82, 2.24) is 9.78 Å². The van der Waals surface area contributed by atoms with Gasteiger partial charge in [0, 0.05) is 11.8 Å². The fourth-order valence-corrected chi connectivity index (χ4v) is 1.73. The SMILES string of the molecule is Cc1cc(=O)c(C(N)=S)nn1-c1ccccc1F. The number of para-hydroxylation sites is 1. The van der Waals surface area contributed by atoms with Crippen LogP contribution in [0.3, 0.4) is 0 Å². The molecule has 0 saturated carbocycles. The Morgan fingerprint density at radius 2 is 2.11 bits per heavy atom. The number of benzene rings is 1. The molecule has 1 aromatic heterocycles. The van der Waals surface area contributed by atoms with Crippen LogP contribution in [0.25, 0.3) is 5.69 Å². The van der Waals surface area contributed by atoms with Gasteiger partial charge in [-0.25, -0.2) is 9.07 Å². The maximum absolute atomic E-state index is 13.7. The summed E-state index contributed by atoms with van der Waals surface area (Å²) in [4.78, 5) is 11.5. The summed E-state index contributed by atoms with van der Waals surface area (Å²) in [6.45, 7) is 1.66. The summed E-state index contributed by atoms with van der Waals surface area (Å²) in [5, 5.41) is 4.00. The molecule has 18 heavy (non-hydrogen) atoms. The molecule has 2 rings (SSSR count). The Labute approximate surface area is 108 Å². The summed E-state index contributed by atoms with van der Waals surface area (Å²) in [6, 6.07) is 7.45. The van der Waals surface area contributed by atoms with Crippen molar-refractivity contribution >= 4 is 17.2 Å². The number of rotatable bonds is 2. The van der Waals surface area contributed by atoms with E-state index in [-0.39, 0.29) is 21.8 Å². The van der Waals surface area contributed by atoms with Gasteiger partial charge in [0.25, 0.3) is 0 Å². The highest BCUT2D eigenvalue weighted by Crippen LogP contribution is 2.12. The van der Waals surface area contributed by atoms with E-state index in [0.717, 1.165) is 0 Å². The fraction of sp³-hybridized carbons (Fsp3) is 0.0833. The minimum absolute atomic E-state index is 0.0427. The van der Waals surface area contributed by atoms with E-state index in [1.807, 2.05) is 0 Å². The van der Waals surface area contributed by atoms with Gasteiger partial charge in [0.2, 0.25) is 5.43 Å². The quantitative estimate of drug-likeness (QED) is 0.830. The number of aryl methyl sites for hydroxylation is 1. The summed E-state index contributed by atoms with van der Waals surface area (Å²) in [6.07, 6.45) is 0. The van der Waals surface area contributed by atoms with Crippen molar-refractivity contribution in [2.45, 2.75) is 6.92 Å². The van der Waals surface area contributed by atoms with E-state index >= 15 is 0 Å². The molecule has 1 heterocycles. The molecule has 0 bridgehead atoms.